The fourth-order valence-corrected chi connectivity index (χ4v) is 3.32. The van der Waals surface area contributed by atoms with Crippen LogP contribution in [0.1, 0.15) is 33.2 Å². The number of carbonyl (C=O) groups excluding carboxylic acids is 3. The van der Waals surface area contributed by atoms with Crippen molar-refractivity contribution in [3.63, 3.8) is 0 Å². The van der Waals surface area contributed by atoms with E-state index >= 15 is 0 Å². The van der Waals surface area contributed by atoms with Crippen LogP contribution in [-0.4, -0.2) is 58.5 Å². The van der Waals surface area contributed by atoms with E-state index in [-0.39, 0.29) is 12.3 Å². The van der Waals surface area contributed by atoms with Gasteiger partial charge >= 0.3 is 5.97 Å². The van der Waals surface area contributed by atoms with E-state index < -0.39 is 17.8 Å². The van der Waals surface area contributed by atoms with Gasteiger partial charge in [0.1, 0.15) is 5.75 Å². The molecule has 39 heavy (non-hydrogen) atoms. The maximum atomic E-state index is 12.5. The first-order valence-electron chi connectivity index (χ1n) is 11.8. The van der Waals surface area contributed by atoms with E-state index in [9.17, 15) is 14.4 Å². The molecule has 0 aliphatic heterocycles. The van der Waals surface area contributed by atoms with Gasteiger partial charge in [-0.2, -0.15) is 5.10 Å². The lowest BCUT2D eigenvalue weighted by molar-refractivity contribution is -0.120. The van der Waals surface area contributed by atoms with Crippen molar-refractivity contribution in [1.82, 2.24) is 10.7 Å². The number of hydrogen-bond acceptors (Lipinski definition) is 9. The Labute approximate surface area is 225 Å². The van der Waals surface area contributed by atoms with Gasteiger partial charge < -0.3 is 29.0 Å². The number of ether oxygens (including phenoxy) is 5. The number of hydrazone groups is 1. The molecule has 0 saturated heterocycles. The predicted octanol–water partition coefficient (Wildman–Crippen LogP) is 3.21. The van der Waals surface area contributed by atoms with Crippen LogP contribution in [0.2, 0.25) is 0 Å². The third kappa shape index (κ3) is 7.96. The Balaban J connectivity index is 1.53. The van der Waals surface area contributed by atoms with Gasteiger partial charge in [-0.25, -0.2) is 10.2 Å². The maximum Gasteiger partial charge on any atom is 0.343 e. The van der Waals surface area contributed by atoms with Crippen molar-refractivity contribution < 1.29 is 38.1 Å². The molecule has 3 aromatic carbocycles. The minimum atomic E-state index is -0.555. The quantitative estimate of drug-likeness (QED) is 0.156. The summed E-state index contributed by atoms with van der Waals surface area (Å²) < 4.78 is 26.5. The molecule has 0 aliphatic rings. The Morgan fingerprint density at radius 3 is 2.10 bits per heavy atom. The van der Waals surface area contributed by atoms with Crippen LogP contribution in [0.15, 0.2) is 65.8 Å². The van der Waals surface area contributed by atoms with Crippen molar-refractivity contribution in [2.45, 2.75) is 6.92 Å². The molecule has 0 aromatic heterocycles. The molecule has 0 atom stereocenters. The van der Waals surface area contributed by atoms with Crippen molar-refractivity contribution >= 4 is 24.0 Å². The average molecular weight is 536 g/mol. The molecule has 0 spiro atoms. The Kier molecular flexibility index (Phi) is 10.3. The molecular weight excluding hydrogens is 506 g/mol. The van der Waals surface area contributed by atoms with Gasteiger partial charge in [-0.3, -0.25) is 9.59 Å². The summed E-state index contributed by atoms with van der Waals surface area (Å²) in [5.41, 5.74) is 3.56. The summed E-state index contributed by atoms with van der Waals surface area (Å²) in [7, 11) is 4.39. The molecule has 0 unspecified atom stereocenters. The second-order valence-corrected chi connectivity index (χ2v) is 7.80. The van der Waals surface area contributed by atoms with Crippen LogP contribution in [0.3, 0.4) is 0 Å². The SMILES string of the molecule is CCOc1ccc(C(=O)Oc2ccc(/C=N/NC(=O)CNC(=O)c3ccc(OC)c(OC)c3)cc2OC)cc1. The summed E-state index contributed by atoms with van der Waals surface area (Å²) in [6.45, 7) is 2.10. The lowest BCUT2D eigenvalue weighted by Gasteiger charge is -2.10. The summed E-state index contributed by atoms with van der Waals surface area (Å²) >= 11 is 0. The van der Waals surface area contributed by atoms with Gasteiger partial charge in [-0.15, -0.1) is 0 Å². The molecule has 3 aromatic rings. The normalized spacial score (nSPS) is 10.5. The molecule has 11 nitrogen and oxygen atoms in total. The lowest BCUT2D eigenvalue weighted by Crippen LogP contribution is -2.34. The smallest absolute Gasteiger partial charge is 0.343 e. The van der Waals surface area contributed by atoms with E-state index in [0.29, 0.717) is 46.3 Å². The van der Waals surface area contributed by atoms with E-state index in [0.717, 1.165) is 0 Å². The molecule has 3 rings (SSSR count). The molecule has 0 heterocycles. The highest BCUT2D eigenvalue weighted by Gasteiger charge is 2.14. The number of carbonyl (C=O) groups is 3. The molecule has 2 amide bonds. The third-order valence-electron chi connectivity index (χ3n) is 5.25. The van der Waals surface area contributed by atoms with E-state index in [2.05, 4.69) is 15.8 Å². The predicted molar refractivity (Wildman–Crippen MR) is 143 cm³/mol. The number of hydrogen-bond donors (Lipinski definition) is 2. The Bertz CT molecular complexity index is 1340. The highest BCUT2D eigenvalue weighted by atomic mass is 16.6. The van der Waals surface area contributed by atoms with Crippen molar-refractivity contribution in [3.8, 4) is 28.7 Å². The summed E-state index contributed by atoms with van der Waals surface area (Å²) in [6.07, 6.45) is 1.38. The molecule has 0 radical (unpaired) electrons. The zero-order valence-electron chi connectivity index (χ0n) is 22.0. The topological polar surface area (TPSA) is 134 Å². The highest BCUT2D eigenvalue weighted by molar-refractivity contribution is 5.97. The lowest BCUT2D eigenvalue weighted by atomic mass is 10.2. The van der Waals surface area contributed by atoms with Gasteiger partial charge in [0.2, 0.25) is 0 Å². The number of methoxy groups -OCH3 is 3. The van der Waals surface area contributed by atoms with Crippen LogP contribution < -0.4 is 34.4 Å². The minimum Gasteiger partial charge on any atom is -0.494 e. The highest BCUT2D eigenvalue weighted by Crippen LogP contribution is 2.29. The first kappa shape index (κ1) is 28.5. The van der Waals surface area contributed by atoms with Crippen LogP contribution in [0, 0.1) is 0 Å². The summed E-state index contributed by atoms with van der Waals surface area (Å²) in [6, 6.07) is 16.0. The number of rotatable bonds is 12. The van der Waals surface area contributed by atoms with Crippen molar-refractivity contribution in [2.24, 2.45) is 5.10 Å². The van der Waals surface area contributed by atoms with E-state index in [4.69, 9.17) is 23.7 Å². The zero-order chi connectivity index (χ0) is 28.2. The maximum absolute atomic E-state index is 12.5. The Hall–Kier alpha value is -5.06. The monoisotopic (exact) mass is 535 g/mol. The van der Waals surface area contributed by atoms with Crippen molar-refractivity contribution in [1.29, 1.82) is 0 Å². The fraction of sp³-hybridized carbons (Fsp3) is 0.214. The van der Waals surface area contributed by atoms with Crippen molar-refractivity contribution in [3.05, 3.63) is 77.4 Å². The van der Waals surface area contributed by atoms with Crippen LogP contribution in [0.4, 0.5) is 0 Å². The second-order valence-electron chi connectivity index (χ2n) is 7.80. The van der Waals surface area contributed by atoms with Crippen LogP contribution in [0.5, 0.6) is 28.7 Å². The van der Waals surface area contributed by atoms with Crippen molar-refractivity contribution in [2.75, 3.05) is 34.5 Å². The van der Waals surface area contributed by atoms with Crippen LogP contribution in [0.25, 0.3) is 0 Å². The van der Waals surface area contributed by atoms with E-state index in [1.165, 1.54) is 33.6 Å². The van der Waals surface area contributed by atoms with Gasteiger partial charge in [-0.1, -0.05) is 0 Å². The van der Waals surface area contributed by atoms with Gasteiger partial charge in [0.25, 0.3) is 11.8 Å². The molecule has 0 bridgehead atoms. The molecule has 0 aliphatic carbocycles. The zero-order valence-corrected chi connectivity index (χ0v) is 22.0. The average Bonchev–Trinajstić information content (AvgIpc) is 2.96. The second kappa shape index (κ2) is 14.0. The van der Waals surface area contributed by atoms with E-state index in [1.807, 2.05) is 6.92 Å². The standard InChI is InChI=1S/C28H29N3O8/c1-5-38-21-10-7-19(8-11-21)28(34)39-23-12-6-18(14-24(23)36-3)16-30-31-26(32)17-29-27(33)20-9-13-22(35-2)25(15-20)37-4/h6-16H,5,17H2,1-4H3,(H,29,33)(H,31,32)/b30-16+. The summed E-state index contributed by atoms with van der Waals surface area (Å²) in [4.78, 5) is 37.0. The molecule has 0 saturated carbocycles. The first-order chi connectivity index (χ1) is 18.9. The number of nitrogens with zero attached hydrogens (tertiary/aromatic N) is 1. The number of nitrogens with one attached hydrogen (secondary N) is 2. The Morgan fingerprint density at radius 1 is 0.795 bits per heavy atom. The molecule has 204 valence electrons. The number of esters is 1. The largest absolute Gasteiger partial charge is 0.494 e. The molecule has 0 fully saturated rings. The number of amides is 2. The Morgan fingerprint density at radius 2 is 1.44 bits per heavy atom. The van der Waals surface area contributed by atoms with Crippen LogP contribution >= 0.6 is 0 Å². The molecular formula is C28H29N3O8. The fourth-order valence-electron chi connectivity index (χ4n) is 3.32. The van der Waals surface area contributed by atoms with Crippen LogP contribution in [-0.2, 0) is 4.79 Å². The number of benzene rings is 3. The third-order valence-corrected chi connectivity index (χ3v) is 5.25. The summed E-state index contributed by atoms with van der Waals surface area (Å²) in [5, 5.41) is 6.40. The van der Waals surface area contributed by atoms with Gasteiger partial charge in [0.15, 0.2) is 23.0 Å². The minimum absolute atomic E-state index is 0.218. The van der Waals surface area contributed by atoms with E-state index in [1.54, 1.807) is 54.6 Å². The van der Waals surface area contributed by atoms with Gasteiger partial charge in [0, 0.05) is 5.56 Å². The molecule has 11 heteroatoms. The summed E-state index contributed by atoms with van der Waals surface area (Å²) in [5.74, 6) is 0.497. The first-order valence-corrected chi connectivity index (χ1v) is 11.8. The van der Waals surface area contributed by atoms with Gasteiger partial charge in [-0.05, 0) is 73.2 Å². The van der Waals surface area contributed by atoms with Gasteiger partial charge in [0.05, 0.1) is 46.3 Å². The molecule has 2 N–H and O–H groups in total.